The molecule has 53 valence electrons. The van der Waals surface area contributed by atoms with E-state index >= 15 is 0 Å². The molecule has 0 aliphatic carbocycles. The lowest BCUT2D eigenvalue weighted by Crippen LogP contribution is -1.85. The van der Waals surface area contributed by atoms with Crippen LogP contribution in [0.5, 0.6) is 0 Å². The number of hydrogen-bond donors (Lipinski definition) is 0. The van der Waals surface area contributed by atoms with E-state index in [1.54, 1.807) is 0 Å². The van der Waals surface area contributed by atoms with Gasteiger partial charge in [-0.1, -0.05) is 0 Å². The average Bonchev–Trinajstić information content (AvgIpc) is 2.00. The summed E-state index contributed by atoms with van der Waals surface area (Å²) >= 11 is 6.10. The Labute approximate surface area is 69.9 Å². The molecule has 3 heteroatoms. The first kappa shape index (κ1) is 8.15. The largest absolute Gasteiger partial charge is 0.160 e. The quantitative estimate of drug-likeness (QED) is 0.560. The molecule has 1 fully saturated rings. The fraction of sp³-hybridized carbons (Fsp3) is 0.833. The maximum atomic E-state index is 2.33. The molecule has 0 nitrogen and oxygen atoms in total. The standard InChI is InChI=1S/C6H11S3/c1-2-8-5-6-9-4-3-7-1/h1H,2-6H2. The molecular weight excluding hydrogens is 168 g/mol. The topological polar surface area (TPSA) is 0 Å². The normalized spacial score (nSPS) is 24.0. The van der Waals surface area contributed by atoms with Crippen molar-refractivity contribution >= 4 is 35.3 Å². The number of rotatable bonds is 0. The molecule has 0 unspecified atom stereocenters. The van der Waals surface area contributed by atoms with Gasteiger partial charge in [0.25, 0.3) is 0 Å². The molecule has 9 heavy (non-hydrogen) atoms. The summed E-state index contributed by atoms with van der Waals surface area (Å²) in [6.07, 6.45) is 0. The predicted molar refractivity (Wildman–Crippen MR) is 51.4 cm³/mol. The Morgan fingerprint density at radius 3 is 2.67 bits per heavy atom. The SMILES string of the molecule is [CH]1CSCCSCCS1. The van der Waals surface area contributed by atoms with Crippen molar-refractivity contribution < 1.29 is 0 Å². The van der Waals surface area contributed by atoms with Gasteiger partial charge in [-0.05, 0) is 0 Å². The predicted octanol–water partition coefficient (Wildman–Crippen LogP) is 2.36. The van der Waals surface area contributed by atoms with E-state index in [2.05, 4.69) is 17.5 Å². The third kappa shape index (κ3) is 4.45. The summed E-state index contributed by atoms with van der Waals surface area (Å²) in [6.45, 7) is 0. The lowest BCUT2D eigenvalue weighted by Gasteiger charge is -1.93. The molecule has 0 amide bonds. The molecule has 1 aliphatic rings. The van der Waals surface area contributed by atoms with Gasteiger partial charge in [0.1, 0.15) is 0 Å². The van der Waals surface area contributed by atoms with Gasteiger partial charge >= 0.3 is 0 Å². The Morgan fingerprint density at radius 1 is 0.889 bits per heavy atom. The zero-order chi connectivity index (χ0) is 6.36. The Morgan fingerprint density at radius 2 is 1.67 bits per heavy atom. The summed E-state index contributed by atoms with van der Waals surface area (Å²) in [4.78, 5) is 0. The van der Waals surface area contributed by atoms with Crippen molar-refractivity contribution in [1.82, 2.24) is 0 Å². The molecule has 0 N–H and O–H groups in total. The van der Waals surface area contributed by atoms with Crippen molar-refractivity contribution in [3.05, 3.63) is 5.75 Å². The Kier molecular flexibility index (Phi) is 5.26. The second-order valence-corrected chi connectivity index (χ2v) is 5.17. The fourth-order valence-corrected chi connectivity index (χ4v) is 3.70. The molecule has 1 rings (SSSR count). The zero-order valence-electron chi connectivity index (χ0n) is 5.34. The molecule has 0 aromatic carbocycles. The molecule has 0 saturated carbocycles. The maximum Gasteiger partial charge on any atom is 0.0265 e. The first-order chi connectivity index (χ1) is 4.50. The minimum Gasteiger partial charge on any atom is -0.160 e. The summed E-state index contributed by atoms with van der Waals surface area (Å²) in [7, 11) is 0. The fourth-order valence-electron chi connectivity index (χ4n) is 0.590. The van der Waals surface area contributed by atoms with Crippen LogP contribution in [0.25, 0.3) is 0 Å². The van der Waals surface area contributed by atoms with Crippen LogP contribution in [0.1, 0.15) is 0 Å². The van der Waals surface area contributed by atoms with Crippen LogP contribution in [0.2, 0.25) is 0 Å². The Hall–Kier alpha value is 1.05. The van der Waals surface area contributed by atoms with Crippen LogP contribution >= 0.6 is 35.3 Å². The summed E-state index contributed by atoms with van der Waals surface area (Å²) < 4.78 is 0. The van der Waals surface area contributed by atoms with Crippen molar-refractivity contribution in [1.29, 1.82) is 0 Å². The third-order valence-corrected chi connectivity index (χ3v) is 4.47. The van der Waals surface area contributed by atoms with E-state index in [1.807, 2.05) is 23.5 Å². The molecule has 0 spiro atoms. The van der Waals surface area contributed by atoms with E-state index < -0.39 is 0 Å². The van der Waals surface area contributed by atoms with Gasteiger partial charge in [-0.25, -0.2) is 0 Å². The molecule has 1 saturated heterocycles. The molecule has 1 heterocycles. The van der Waals surface area contributed by atoms with E-state index in [9.17, 15) is 0 Å². The summed E-state index contributed by atoms with van der Waals surface area (Å²) in [6, 6.07) is 0. The monoisotopic (exact) mass is 179 g/mol. The molecule has 0 atom stereocenters. The Bertz CT molecular complexity index is 36.8. The van der Waals surface area contributed by atoms with Crippen molar-refractivity contribution in [3.63, 3.8) is 0 Å². The maximum absolute atomic E-state index is 2.33. The van der Waals surface area contributed by atoms with Gasteiger partial charge in [0, 0.05) is 34.5 Å². The van der Waals surface area contributed by atoms with Crippen LogP contribution in [0, 0.1) is 5.75 Å². The van der Waals surface area contributed by atoms with Gasteiger partial charge in [-0.3, -0.25) is 0 Å². The van der Waals surface area contributed by atoms with Crippen LogP contribution in [-0.4, -0.2) is 28.8 Å². The van der Waals surface area contributed by atoms with Crippen molar-refractivity contribution in [2.75, 3.05) is 28.8 Å². The first-order valence-corrected chi connectivity index (χ1v) is 6.45. The molecular formula is C6H11S3. The molecule has 1 aliphatic heterocycles. The van der Waals surface area contributed by atoms with E-state index in [4.69, 9.17) is 0 Å². The number of hydrogen-bond acceptors (Lipinski definition) is 3. The van der Waals surface area contributed by atoms with Crippen LogP contribution < -0.4 is 0 Å². The smallest absolute Gasteiger partial charge is 0.0265 e. The highest BCUT2D eigenvalue weighted by atomic mass is 32.2. The highest BCUT2D eigenvalue weighted by Gasteiger charge is 1.96. The summed E-state index contributed by atoms with van der Waals surface area (Å²) in [5.41, 5.74) is 0. The highest BCUT2D eigenvalue weighted by Crippen LogP contribution is 2.17. The molecule has 0 bridgehead atoms. The zero-order valence-corrected chi connectivity index (χ0v) is 7.79. The van der Waals surface area contributed by atoms with Crippen molar-refractivity contribution in [2.45, 2.75) is 0 Å². The molecule has 1 radical (unpaired) electrons. The Balaban J connectivity index is 2.02. The first-order valence-electron chi connectivity index (χ1n) is 3.09. The highest BCUT2D eigenvalue weighted by molar-refractivity contribution is 8.07. The minimum atomic E-state index is 1.24. The summed E-state index contributed by atoms with van der Waals surface area (Å²) in [5, 5.41) is 0. The molecule has 0 aromatic rings. The minimum absolute atomic E-state index is 1.24. The van der Waals surface area contributed by atoms with Gasteiger partial charge < -0.3 is 0 Å². The van der Waals surface area contributed by atoms with Gasteiger partial charge in [0.2, 0.25) is 0 Å². The van der Waals surface area contributed by atoms with Crippen LogP contribution in [0.15, 0.2) is 0 Å². The van der Waals surface area contributed by atoms with Gasteiger partial charge in [-0.2, -0.15) is 35.3 Å². The van der Waals surface area contributed by atoms with Gasteiger partial charge in [0.05, 0.1) is 0 Å². The van der Waals surface area contributed by atoms with Gasteiger partial charge in [-0.15, -0.1) is 0 Å². The average molecular weight is 179 g/mol. The lowest BCUT2D eigenvalue weighted by atomic mass is 10.9. The van der Waals surface area contributed by atoms with Crippen molar-refractivity contribution in [3.8, 4) is 0 Å². The molecule has 0 aromatic heterocycles. The van der Waals surface area contributed by atoms with E-state index in [1.165, 1.54) is 28.8 Å². The van der Waals surface area contributed by atoms with Crippen LogP contribution in [0.3, 0.4) is 0 Å². The van der Waals surface area contributed by atoms with Crippen LogP contribution in [-0.2, 0) is 0 Å². The second-order valence-electron chi connectivity index (χ2n) is 1.72. The van der Waals surface area contributed by atoms with E-state index in [-0.39, 0.29) is 0 Å². The third-order valence-electron chi connectivity index (χ3n) is 1.02. The number of thioether (sulfide) groups is 3. The van der Waals surface area contributed by atoms with Gasteiger partial charge in [0.15, 0.2) is 0 Å². The van der Waals surface area contributed by atoms with Crippen LogP contribution in [0.4, 0.5) is 0 Å². The summed E-state index contributed by atoms with van der Waals surface area (Å²) in [5.74, 6) is 8.90. The van der Waals surface area contributed by atoms with E-state index in [0.717, 1.165) is 0 Å². The second kappa shape index (κ2) is 5.81. The lowest BCUT2D eigenvalue weighted by molar-refractivity contribution is 1.50. The van der Waals surface area contributed by atoms with E-state index in [0.29, 0.717) is 0 Å². The van der Waals surface area contributed by atoms with Crippen molar-refractivity contribution in [2.24, 2.45) is 0 Å².